The minimum absolute atomic E-state index is 0.180. The Hall–Kier alpha value is -1.35. The highest BCUT2D eigenvalue weighted by molar-refractivity contribution is 6.00. The van der Waals surface area contributed by atoms with Gasteiger partial charge in [-0.2, -0.15) is 0 Å². The topological polar surface area (TPSA) is 32.3 Å². The molecule has 1 aromatic carbocycles. The van der Waals surface area contributed by atoms with Crippen molar-refractivity contribution < 1.29 is 4.79 Å². The minimum Gasteiger partial charge on any atom is -0.316 e. The molecule has 2 heterocycles. The second-order valence-electron chi connectivity index (χ2n) is 6.31. The Morgan fingerprint density at radius 2 is 2.25 bits per heavy atom. The zero-order valence-corrected chi connectivity index (χ0v) is 12.5. The van der Waals surface area contributed by atoms with Gasteiger partial charge in [-0.3, -0.25) is 4.79 Å². The smallest absolute Gasteiger partial charge is 0.234 e. The van der Waals surface area contributed by atoms with E-state index in [0.29, 0.717) is 5.91 Å². The average molecular weight is 272 g/mol. The van der Waals surface area contributed by atoms with Gasteiger partial charge in [-0.15, -0.1) is 0 Å². The highest BCUT2D eigenvalue weighted by Crippen LogP contribution is 2.39. The summed E-state index contributed by atoms with van der Waals surface area (Å²) in [6, 6.07) is 8.64. The largest absolute Gasteiger partial charge is 0.316 e. The van der Waals surface area contributed by atoms with E-state index in [4.69, 9.17) is 0 Å². The second-order valence-corrected chi connectivity index (χ2v) is 6.31. The normalized spacial score (nSPS) is 28.7. The van der Waals surface area contributed by atoms with Crippen LogP contribution in [0.5, 0.6) is 0 Å². The number of anilines is 1. The van der Waals surface area contributed by atoms with Crippen LogP contribution in [-0.2, 0) is 11.2 Å². The van der Waals surface area contributed by atoms with Crippen LogP contribution in [0.4, 0.5) is 5.69 Å². The number of benzene rings is 1. The monoisotopic (exact) mass is 272 g/mol. The van der Waals surface area contributed by atoms with E-state index in [-0.39, 0.29) is 11.5 Å². The summed E-state index contributed by atoms with van der Waals surface area (Å²) in [7, 11) is 0. The van der Waals surface area contributed by atoms with E-state index in [9.17, 15) is 4.79 Å². The lowest BCUT2D eigenvalue weighted by Crippen LogP contribution is -2.47. The number of carbonyl (C=O) groups excluding carboxylic acids is 1. The summed E-state index contributed by atoms with van der Waals surface area (Å²) in [6.07, 6.45) is 4.02. The van der Waals surface area contributed by atoms with Crippen molar-refractivity contribution in [2.75, 3.05) is 18.0 Å². The van der Waals surface area contributed by atoms with Crippen molar-refractivity contribution in [1.82, 2.24) is 5.32 Å². The van der Waals surface area contributed by atoms with E-state index in [2.05, 4.69) is 42.3 Å². The number of rotatable bonds is 3. The van der Waals surface area contributed by atoms with Crippen LogP contribution in [0.15, 0.2) is 24.3 Å². The molecule has 3 rings (SSSR count). The number of nitrogens with zero attached hydrogens (tertiary/aromatic N) is 1. The molecule has 1 amide bonds. The Kier molecular flexibility index (Phi) is 3.55. The lowest BCUT2D eigenvalue weighted by molar-refractivity contribution is -0.128. The molecule has 0 aliphatic carbocycles. The van der Waals surface area contributed by atoms with Gasteiger partial charge in [0, 0.05) is 18.3 Å². The lowest BCUT2D eigenvalue weighted by Gasteiger charge is -2.34. The molecular weight excluding hydrogens is 248 g/mol. The van der Waals surface area contributed by atoms with Crippen molar-refractivity contribution in [2.45, 2.75) is 45.6 Å². The standard InChI is InChI=1S/C17H24N2O/c1-3-8-17(9-10-18-12-17)16(20)19-13(2)11-14-6-4-5-7-15(14)19/h4-7,13,18H,3,8-12H2,1-2H3. The number of carbonyl (C=O) groups is 1. The molecule has 3 heteroatoms. The first kappa shape index (κ1) is 13.6. The molecule has 0 radical (unpaired) electrons. The molecule has 1 fully saturated rings. The highest BCUT2D eigenvalue weighted by atomic mass is 16.2. The zero-order chi connectivity index (χ0) is 14.2. The summed E-state index contributed by atoms with van der Waals surface area (Å²) in [5.41, 5.74) is 2.26. The third kappa shape index (κ3) is 2.05. The number of hydrogen-bond acceptors (Lipinski definition) is 2. The Morgan fingerprint density at radius 3 is 2.95 bits per heavy atom. The molecule has 1 saturated heterocycles. The van der Waals surface area contributed by atoms with Crippen molar-refractivity contribution in [1.29, 1.82) is 0 Å². The predicted octanol–water partition coefficient (Wildman–Crippen LogP) is 2.74. The molecule has 1 N–H and O–H groups in total. The maximum atomic E-state index is 13.2. The first-order valence-electron chi connectivity index (χ1n) is 7.80. The third-order valence-electron chi connectivity index (χ3n) is 4.85. The number of nitrogens with one attached hydrogen (secondary N) is 1. The summed E-state index contributed by atoms with van der Waals surface area (Å²) in [6.45, 7) is 6.15. The van der Waals surface area contributed by atoms with E-state index in [0.717, 1.165) is 44.5 Å². The molecule has 2 atom stereocenters. The molecule has 2 aliphatic rings. The summed E-state index contributed by atoms with van der Waals surface area (Å²) in [5.74, 6) is 0.335. The van der Waals surface area contributed by atoms with Crippen molar-refractivity contribution in [3.63, 3.8) is 0 Å². The van der Waals surface area contributed by atoms with Crippen molar-refractivity contribution in [3.05, 3.63) is 29.8 Å². The van der Waals surface area contributed by atoms with Gasteiger partial charge >= 0.3 is 0 Å². The predicted molar refractivity (Wildman–Crippen MR) is 81.9 cm³/mol. The quantitative estimate of drug-likeness (QED) is 0.917. The van der Waals surface area contributed by atoms with Crippen molar-refractivity contribution in [3.8, 4) is 0 Å². The minimum atomic E-state index is -0.180. The Bertz CT molecular complexity index is 505. The van der Waals surface area contributed by atoms with Gasteiger partial charge in [0.2, 0.25) is 5.91 Å². The van der Waals surface area contributed by atoms with Gasteiger partial charge < -0.3 is 10.2 Å². The number of hydrogen-bond donors (Lipinski definition) is 1. The van der Waals surface area contributed by atoms with Crippen molar-refractivity contribution in [2.24, 2.45) is 5.41 Å². The third-order valence-corrected chi connectivity index (χ3v) is 4.85. The Labute approximate surface area is 121 Å². The molecule has 2 unspecified atom stereocenters. The van der Waals surface area contributed by atoms with Gasteiger partial charge in [-0.25, -0.2) is 0 Å². The molecular formula is C17H24N2O. The van der Waals surface area contributed by atoms with E-state index >= 15 is 0 Å². The van der Waals surface area contributed by atoms with Crippen LogP contribution >= 0.6 is 0 Å². The van der Waals surface area contributed by atoms with Crippen molar-refractivity contribution >= 4 is 11.6 Å². The van der Waals surface area contributed by atoms with Crippen LogP contribution in [0.1, 0.15) is 38.7 Å². The molecule has 0 saturated carbocycles. The van der Waals surface area contributed by atoms with Crippen LogP contribution in [0.25, 0.3) is 0 Å². The number of fused-ring (bicyclic) bond motifs is 1. The van der Waals surface area contributed by atoms with Crippen LogP contribution in [0, 0.1) is 5.41 Å². The van der Waals surface area contributed by atoms with Crippen LogP contribution in [-0.4, -0.2) is 25.0 Å². The first-order valence-corrected chi connectivity index (χ1v) is 7.80. The molecule has 2 aliphatic heterocycles. The van der Waals surface area contributed by atoms with Gasteiger partial charge in [0.1, 0.15) is 0 Å². The molecule has 1 aromatic rings. The molecule has 0 bridgehead atoms. The maximum Gasteiger partial charge on any atom is 0.234 e. The molecule has 20 heavy (non-hydrogen) atoms. The van der Waals surface area contributed by atoms with Gasteiger partial charge in [-0.05, 0) is 44.4 Å². The van der Waals surface area contributed by atoms with E-state index < -0.39 is 0 Å². The van der Waals surface area contributed by atoms with E-state index in [1.54, 1.807) is 0 Å². The summed E-state index contributed by atoms with van der Waals surface area (Å²) in [4.78, 5) is 15.3. The van der Waals surface area contributed by atoms with E-state index in [1.807, 2.05) is 6.07 Å². The second kappa shape index (κ2) is 5.21. The summed E-state index contributed by atoms with van der Waals surface area (Å²) >= 11 is 0. The summed E-state index contributed by atoms with van der Waals surface area (Å²) < 4.78 is 0. The molecule has 108 valence electrons. The van der Waals surface area contributed by atoms with Gasteiger partial charge in [0.05, 0.1) is 5.41 Å². The SMILES string of the molecule is CCCC1(C(=O)N2c3ccccc3CC2C)CCNC1. The molecule has 0 aromatic heterocycles. The van der Waals surface area contributed by atoms with Crippen LogP contribution < -0.4 is 10.2 Å². The van der Waals surface area contributed by atoms with Crippen LogP contribution in [0.3, 0.4) is 0 Å². The van der Waals surface area contributed by atoms with E-state index in [1.165, 1.54) is 5.56 Å². The fraction of sp³-hybridized carbons (Fsp3) is 0.588. The Morgan fingerprint density at radius 1 is 1.45 bits per heavy atom. The average Bonchev–Trinajstić information content (AvgIpc) is 3.03. The molecule has 0 spiro atoms. The zero-order valence-electron chi connectivity index (χ0n) is 12.5. The Balaban J connectivity index is 1.94. The molecule has 3 nitrogen and oxygen atoms in total. The fourth-order valence-corrected chi connectivity index (χ4v) is 3.86. The number of para-hydroxylation sites is 1. The van der Waals surface area contributed by atoms with Gasteiger partial charge in [0.25, 0.3) is 0 Å². The summed E-state index contributed by atoms with van der Waals surface area (Å²) in [5, 5.41) is 3.39. The highest BCUT2D eigenvalue weighted by Gasteiger charge is 2.45. The maximum absolute atomic E-state index is 13.2. The number of amides is 1. The van der Waals surface area contributed by atoms with Crippen LogP contribution in [0.2, 0.25) is 0 Å². The fourth-order valence-electron chi connectivity index (χ4n) is 3.86. The van der Waals surface area contributed by atoms with Gasteiger partial charge in [-0.1, -0.05) is 31.5 Å². The lowest BCUT2D eigenvalue weighted by atomic mass is 9.80. The first-order chi connectivity index (χ1) is 9.68. The van der Waals surface area contributed by atoms with Gasteiger partial charge in [0.15, 0.2) is 0 Å².